The minimum Gasteiger partial charge on any atom is -0.339 e. The molecule has 17 heavy (non-hydrogen) atoms. The summed E-state index contributed by atoms with van der Waals surface area (Å²) in [4.78, 5) is 4.56. The second-order valence-corrected chi connectivity index (χ2v) is 5.44. The van der Waals surface area contributed by atoms with Crippen molar-refractivity contribution in [2.24, 2.45) is 11.7 Å². The summed E-state index contributed by atoms with van der Waals surface area (Å²) in [6.07, 6.45) is 5.74. The standard InChI is InChI=1S/C13H23N3O/c1-9-5-6-11(8-9)12-15-13(17-16-12)10(2)4-3-7-14/h9-11H,3-8,14H2,1-2H3. The largest absolute Gasteiger partial charge is 0.339 e. The van der Waals surface area contributed by atoms with E-state index in [4.69, 9.17) is 10.3 Å². The number of hydrogen-bond donors (Lipinski definition) is 1. The van der Waals surface area contributed by atoms with Gasteiger partial charge in [0, 0.05) is 11.8 Å². The summed E-state index contributed by atoms with van der Waals surface area (Å²) < 4.78 is 5.37. The van der Waals surface area contributed by atoms with Crippen molar-refractivity contribution in [3.63, 3.8) is 0 Å². The zero-order chi connectivity index (χ0) is 12.3. The van der Waals surface area contributed by atoms with E-state index in [0.717, 1.165) is 37.0 Å². The van der Waals surface area contributed by atoms with Crippen molar-refractivity contribution in [1.29, 1.82) is 0 Å². The lowest BCUT2D eigenvalue weighted by atomic mass is 10.0. The Morgan fingerprint density at radius 1 is 1.47 bits per heavy atom. The first-order chi connectivity index (χ1) is 8.20. The summed E-state index contributed by atoms with van der Waals surface area (Å²) >= 11 is 0. The zero-order valence-corrected chi connectivity index (χ0v) is 10.9. The van der Waals surface area contributed by atoms with E-state index in [1.807, 2.05) is 0 Å². The molecule has 1 aliphatic rings. The molecule has 0 saturated heterocycles. The summed E-state index contributed by atoms with van der Waals surface area (Å²) in [6.45, 7) is 5.15. The maximum absolute atomic E-state index is 5.51. The van der Waals surface area contributed by atoms with Crippen LogP contribution in [-0.4, -0.2) is 16.7 Å². The van der Waals surface area contributed by atoms with Gasteiger partial charge in [0.1, 0.15) is 0 Å². The molecule has 96 valence electrons. The van der Waals surface area contributed by atoms with Crippen LogP contribution in [0.1, 0.15) is 69.5 Å². The van der Waals surface area contributed by atoms with Crippen molar-refractivity contribution in [3.8, 4) is 0 Å². The van der Waals surface area contributed by atoms with Gasteiger partial charge in [0.05, 0.1) is 0 Å². The van der Waals surface area contributed by atoms with E-state index in [9.17, 15) is 0 Å². The van der Waals surface area contributed by atoms with Gasteiger partial charge in [-0.1, -0.05) is 19.0 Å². The fourth-order valence-corrected chi connectivity index (χ4v) is 2.60. The van der Waals surface area contributed by atoms with E-state index >= 15 is 0 Å². The van der Waals surface area contributed by atoms with Crippen LogP contribution in [0, 0.1) is 5.92 Å². The number of hydrogen-bond acceptors (Lipinski definition) is 4. The number of rotatable bonds is 5. The molecule has 2 rings (SSSR count). The fraction of sp³-hybridized carbons (Fsp3) is 0.846. The third-order valence-electron chi connectivity index (χ3n) is 3.78. The Kier molecular flexibility index (Phi) is 4.15. The first-order valence-corrected chi connectivity index (χ1v) is 6.74. The highest BCUT2D eigenvalue weighted by atomic mass is 16.5. The highest BCUT2D eigenvalue weighted by Crippen LogP contribution is 2.36. The molecule has 0 aromatic carbocycles. The maximum Gasteiger partial charge on any atom is 0.229 e. The predicted octanol–water partition coefficient (Wildman–Crippen LogP) is 2.82. The lowest BCUT2D eigenvalue weighted by molar-refractivity contribution is 0.345. The van der Waals surface area contributed by atoms with Crippen molar-refractivity contribution < 1.29 is 4.52 Å². The summed E-state index contributed by atoms with van der Waals surface area (Å²) in [5, 5.41) is 4.14. The lowest BCUT2D eigenvalue weighted by Gasteiger charge is -2.04. The third kappa shape index (κ3) is 3.06. The number of nitrogens with two attached hydrogens (primary N) is 1. The molecule has 4 heteroatoms. The second kappa shape index (κ2) is 5.63. The van der Waals surface area contributed by atoms with Crippen LogP contribution in [0.5, 0.6) is 0 Å². The second-order valence-electron chi connectivity index (χ2n) is 5.44. The van der Waals surface area contributed by atoms with Crippen molar-refractivity contribution in [2.45, 2.75) is 57.8 Å². The molecule has 0 aliphatic heterocycles. The van der Waals surface area contributed by atoms with Gasteiger partial charge >= 0.3 is 0 Å². The summed E-state index contributed by atoms with van der Waals surface area (Å²) in [6, 6.07) is 0. The van der Waals surface area contributed by atoms with Gasteiger partial charge in [-0.15, -0.1) is 0 Å². The zero-order valence-electron chi connectivity index (χ0n) is 10.9. The molecule has 0 radical (unpaired) electrons. The quantitative estimate of drug-likeness (QED) is 0.855. The van der Waals surface area contributed by atoms with Crippen LogP contribution in [0.2, 0.25) is 0 Å². The Morgan fingerprint density at radius 2 is 2.29 bits per heavy atom. The molecule has 1 saturated carbocycles. The Labute approximate surface area is 103 Å². The summed E-state index contributed by atoms with van der Waals surface area (Å²) in [7, 11) is 0. The first kappa shape index (κ1) is 12.6. The minimum absolute atomic E-state index is 0.332. The molecular weight excluding hydrogens is 214 g/mol. The van der Waals surface area contributed by atoms with Crippen LogP contribution in [0.25, 0.3) is 0 Å². The fourth-order valence-electron chi connectivity index (χ4n) is 2.60. The monoisotopic (exact) mass is 237 g/mol. The Bertz CT molecular complexity index is 350. The molecule has 1 heterocycles. The highest BCUT2D eigenvalue weighted by Gasteiger charge is 2.27. The van der Waals surface area contributed by atoms with Crippen LogP contribution in [0.15, 0.2) is 4.52 Å². The number of aromatic nitrogens is 2. The van der Waals surface area contributed by atoms with E-state index < -0.39 is 0 Å². The van der Waals surface area contributed by atoms with Gasteiger partial charge in [-0.3, -0.25) is 0 Å². The average molecular weight is 237 g/mol. The smallest absolute Gasteiger partial charge is 0.229 e. The maximum atomic E-state index is 5.51. The van der Waals surface area contributed by atoms with E-state index in [1.165, 1.54) is 19.3 Å². The third-order valence-corrected chi connectivity index (χ3v) is 3.78. The highest BCUT2D eigenvalue weighted by molar-refractivity contribution is 5.01. The Balaban J connectivity index is 1.95. The molecule has 0 amide bonds. The van der Waals surface area contributed by atoms with Gasteiger partial charge < -0.3 is 10.3 Å². The lowest BCUT2D eigenvalue weighted by Crippen LogP contribution is -2.02. The molecule has 3 atom stereocenters. The van der Waals surface area contributed by atoms with Gasteiger partial charge in [-0.25, -0.2) is 0 Å². The van der Waals surface area contributed by atoms with E-state index in [-0.39, 0.29) is 0 Å². The predicted molar refractivity (Wildman–Crippen MR) is 66.8 cm³/mol. The molecule has 0 bridgehead atoms. The van der Waals surface area contributed by atoms with Crippen molar-refractivity contribution in [3.05, 3.63) is 11.7 Å². The summed E-state index contributed by atoms with van der Waals surface area (Å²) in [5.41, 5.74) is 5.51. The Morgan fingerprint density at radius 3 is 2.94 bits per heavy atom. The molecule has 0 spiro atoms. The van der Waals surface area contributed by atoms with Crippen LogP contribution in [0.4, 0.5) is 0 Å². The van der Waals surface area contributed by atoms with Gasteiger partial charge in [0.15, 0.2) is 5.82 Å². The van der Waals surface area contributed by atoms with E-state index in [2.05, 4.69) is 24.0 Å². The van der Waals surface area contributed by atoms with Gasteiger partial charge in [0.2, 0.25) is 5.89 Å². The van der Waals surface area contributed by atoms with Crippen molar-refractivity contribution in [2.75, 3.05) is 6.54 Å². The average Bonchev–Trinajstić information content (AvgIpc) is 2.93. The van der Waals surface area contributed by atoms with Crippen molar-refractivity contribution in [1.82, 2.24) is 10.1 Å². The molecule has 1 fully saturated rings. The van der Waals surface area contributed by atoms with Crippen LogP contribution < -0.4 is 5.73 Å². The van der Waals surface area contributed by atoms with Crippen LogP contribution in [-0.2, 0) is 0 Å². The molecule has 4 nitrogen and oxygen atoms in total. The molecule has 2 N–H and O–H groups in total. The topological polar surface area (TPSA) is 64.9 Å². The van der Waals surface area contributed by atoms with Crippen molar-refractivity contribution >= 4 is 0 Å². The van der Waals surface area contributed by atoms with Gasteiger partial charge in [0.25, 0.3) is 0 Å². The molecular formula is C13H23N3O. The number of nitrogens with zero attached hydrogens (tertiary/aromatic N) is 2. The van der Waals surface area contributed by atoms with Crippen LogP contribution >= 0.6 is 0 Å². The molecule has 1 aromatic rings. The minimum atomic E-state index is 0.332. The molecule has 1 aromatic heterocycles. The molecule has 1 aliphatic carbocycles. The van der Waals surface area contributed by atoms with Crippen LogP contribution in [0.3, 0.4) is 0 Å². The molecule has 3 unspecified atom stereocenters. The summed E-state index contributed by atoms with van der Waals surface area (Å²) in [5.74, 6) is 3.36. The van der Waals surface area contributed by atoms with E-state index in [0.29, 0.717) is 11.8 Å². The Hall–Kier alpha value is -0.900. The van der Waals surface area contributed by atoms with Gasteiger partial charge in [-0.2, -0.15) is 4.98 Å². The normalized spacial score (nSPS) is 26.3. The van der Waals surface area contributed by atoms with E-state index in [1.54, 1.807) is 0 Å². The SMILES string of the molecule is CC1CCC(c2noc(C(C)CCCN)n2)C1. The van der Waals surface area contributed by atoms with Gasteiger partial charge in [-0.05, 0) is 44.6 Å². The first-order valence-electron chi connectivity index (χ1n) is 6.74.